The van der Waals surface area contributed by atoms with Crippen LogP contribution >= 0.6 is 11.8 Å². The smallest absolute Gasteiger partial charge is 0.264 e. The fourth-order valence-corrected chi connectivity index (χ4v) is 5.53. The average molecular weight is 551 g/mol. The number of pyridine rings is 1. The number of carbonyl (C=O) groups is 1. The standard InChI is InChI=1S/C25H26N8O3S2/c1-14(2)22-19(12-26)23(28)32-24(20(22)13-27)37-10-9-21(34)31-17-5-7-18(8-6-17)38(35,36)33-25-29-15(3)11-16(4)30-25/h5-8,11,14H,9-10H2,1-4H3,(H2,28,32)(H,31,34)(H,29,30,33). The van der Waals surface area contributed by atoms with Crippen LogP contribution in [0.3, 0.4) is 0 Å². The van der Waals surface area contributed by atoms with Crippen LogP contribution in [0.4, 0.5) is 17.5 Å². The first-order valence-electron chi connectivity index (χ1n) is 11.5. The van der Waals surface area contributed by atoms with Crippen molar-refractivity contribution in [1.82, 2.24) is 15.0 Å². The Morgan fingerprint density at radius 1 is 1.05 bits per heavy atom. The van der Waals surface area contributed by atoms with Crippen molar-refractivity contribution in [2.45, 2.75) is 50.0 Å². The van der Waals surface area contributed by atoms with Gasteiger partial charge < -0.3 is 11.1 Å². The lowest BCUT2D eigenvalue weighted by Gasteiger charge is -2.15. The number of amides is 1. The molecule has 3 aromatic rings. The molecular weight excluding hydrogens is 524 g/mol. The maximum Gasteiger partial charge on any atom is 0.264 e. The zero-order valence-electron chi connectivity index (χ0n) is 21.2. The molecule has 4 N–H and O–H groups in total. The molecule has 11 nitrogen and oxygen atoms in total. The van der Waals surface area contributed by atoms with E-state index in [0.717, 1.165) is 0 Å². The van der Waals surface area contributed by atoms with E-state index in [1.54, 1.807) is 19.9 Å². The van der Waals surface area contributed by atoms with E-state index in [9.17, 15) is 23.7 Å². The Balaban J connectivity index is 1.63. The summed E-state index contributed by atoms with van der Waals surface area (Å²) in [4.78, 5) is 24.8. The number of carbonyl (C=O) groups excluding carboxylic acids is 1. The molecule has 0 bridgehead atoms. The summed E-state index contributed by atoms with van der Waals surface area (Å²) >= 11 is 1.20. The third kappa shape index (κ3) is 6.76. The fourth-order valence-electron chi connectivity index (χ4n) is 3.64. The van der Waals surface area contributed by atoms with Crippen molar-refractivity contribution in [2.75, 3.05) is 21.5 Å². The van der Waals surface area contributed by atoms with Crippen molar-refractivity contribution in [2.24, 2.45) is 0 Å². The van der Waals surface area contributed by atoms with Crippen LogP contribution in [0.5, 0.6) is 0 Å². The number of nitriles is 2. The molecule has 0 atom stereocenters. The lowest BCUT2D eigenvalue weighted by molar-refractivity contribution is -0.115. The van der Waals surface area contributed by atoms with E-state index < -0.39 is 10.0 Å². The number of aromatic nitrogens is 3. The van der Waals surface area contributed by atoms with Crippen molar-refractivity contribution >= 4 is 45.1 Å². The van der Waals surface area contributed by atoms with Crippen LogP contribution in [0, 0.1) is 36.5 Å². The second kappa shape index (κ2) is 11.9. The average Bonchev–Trinajstić information content (AvgIpc) is 2.83. The maximum absolute atomic E-state index is 12.7. The third-order valence-corrected chi connectivity index (χ3v) is 7.58. The van der Waals surface area contributed by atoms with Crippen molar-refractivity contribution in [1.29, 1.82) is 10.5 Å². The highest BCUT2D eigenvalue weighted by molar-refractivity contribution is 7.99. The summed E-state index contributed by atoms with van der Waals surface area (Å²) in [5.74, 6) is -0.0728. The molecule has 2 aromatic heterocycles. The second-order valence-corrected chi connectivity index (χ2v) is 11.4. The normalized spacial score (nSPS) is 11.0. The SMILES string of the molecule is Cc1cc(C)nc(NS(=O)(=O)c2ccc(NC(=O)CCSc3nc(N)c(C#N)c(C(C)C)c3C#N)cc2)n1. The summed E-state index contributed by atoms with van der Waals surface area (Å²) in [6, 6.07) is 11.6. The number of nitrogens with zero attached hydrogens (tertiary/aromatic N) is 5. The van der Waals surface area contributed by atoms with Gasteiger partial charge in [0.25, 0.3) is 10.0 Å². The van der Waals surface area contributed by atoms with Crippen LogP contribution in [0.15, 0.2) is 40.3 Å². The van der Waals surface area contributed by atoms with Gasteiger partial charge in [0, 0.05) is 29.2 Å². The molecule has 2 heterocycles. The molecule has 0 aliphatic carbocycles. The van der Waals surface area contributed by atoms with Crippen molar-refractivity contribution in [3.05, 3.63) is 58.4 Å². The zero-order valence-corrected chi connectivity index (χ0v) is 22.9. The van der Waals surface area contributed by atoms with Crippen LogP contribution in [-0.2, 0) is 14.8 Å². The summed E-state index contributed by atoms with van der Waals surface area (Å²) < 4.78 is 27.7. The van der Waals surface area contributed by atoms with Gasteiger partial charge in [-0.1, -0.05) is 13.8 Å². The van der Waals surface area contributed by atoms with E-state index in [1.807, 2.05) is 19.9 Å². The van der Waals surface area contributed by atoms with E-state index in [0.29, 0.717) is 33.4 Å². The minimum atomic E-state index is -3.92. The van der Waals surface area contributed by atoms with E-state index in [4.69, 9.17) is 5.73 Å². The quantitative estimate of drug-likeness (QED) is 0.330. The first kappa shape index (κ1) is 28.4. The predicted molar refractivity (Wildman–Crippen MR) is 145 cm³/mol. The Bertz CT molecular complexity index is 1540. The molecule has 0 spiro atoms. The highest BCUT2D eigenvalue weighted by Gasteiger charge is 2.21. The Kier molecular flexibility index (Phi) is 8.88. The third-order valence-electron chi connectivity index (χ3n) is 5.26. The summed E-state index contributed by atoms with van der Waals surface area (Å²) in [5, 5.41) is 22.2. The maximum atomic E-state index is 12.7. The molecule has 1 aromatic carbocycles. The van der Waals surface area contributed by atoms with E-state index in [1.165, 1.54) is 36.0 Å². The largest absolute Gasteiger partial charge is 0.383 e. The minimum Gasteiger partial charge on any atom is -0.383 e. The summed E-state index contributed by atoms with van der Waals surface area (Å²) in [5.41, 5.74) is 8.65. The molecule has 1 amide bonds. The molecule has 13 heteroatoms. The van der Waals surface area contributed by atoms with E-state index in [2.05, 4.69) is 31.1 Å². The molecule has 0 fully saturated rings. The van der Waals surface area contributed by atoms with Crippen molar-refractivity contribution in [3.8, 4) is 12.1 Å². The van der Waals surface area contributed by atoms with Crippen LogP contribution in [0.1, 0.15) is 54.3 Å². The van der Waals surface area contributed by atoms with Gasteiger partial charge in [0.2, 0.25) is 11.9 Å². The second-order valence-electron chi connectivity index (χ2n) is 8.60. The van der Waals surface area contributed by atoms with Crippen molar-refractivity contribution < 1.29 is 13.2 Å². The van der Waals surface area contributed by atoms with Crippen LogP contribution < -0.4 is 15.8 Å². The number of anilines is 3. The van der Waals surface area contributed by atoms with Gasteiger partial charge in [-0.15, -0.1) is 11.8 Å². The number of thioether (sulfide) groups is 1. The van der Waals surface area contributed by atoms with Gasteiger partial charge >= 0.3 is 0 Å². The van der Waals surface area contributed by atoms with Gasteiger partial charge in [-0.3, -0.25) is 4.79 Å². The lowest BCUT2D eigenvalue weighted by Crippen LogP contribution is -2.16. The number of nitrogen functional groups attached to an aromatic ring is 1. The Morgan fingerprint density at radius 2 is 1.66 bits per heavy atom. The van der Waals surface area contributed by atoms with Gasteiger partial charge in [0.15, 0.2) is 0 Å². The van der Waals surface area contributed by atoms with Gasteiger partial charge in [-0.05, 0) is 55.7 Å². The number of hydrogen-bond acceptors (Lipinski definition) is 10. The Labute approximate surface area is 225 Å². The highest BCUT2D eigenvalue weighted by atomic mass is 32.2. The fraction of sp³-hybridized carbons (Fsp3) is 0.280. The number of sulfonamides is 1. The summed E-state index contributed by atoms with van der Waals surface area (Å²) in [6.07, 6.45) is 0.0970. The monoisotopic (exact) mass is 550 g/mol. The molecule has 0 aliphatic heterocycles. The molecule has 0 saturated heterocycles. The van der Waals surface area contributed by atoms with Gasteiger partial charge in [0.05, 0.1) is 16.0 Å². The lowest BCUT2D eigenvalue weighted by atomic mass is 9.94. The van der Waals surface area contributed by atoms with Gasteiger partial charge in [-0.2, -0.15) is 10.5 Å². The Morgan fingerprint density at radius 3 is 2.21 bits per heavy atom. The topological polar surface area (TPSA) is 188 Å². The van der Waals surface area contributed by atoms with Gasteiger partial charge in [-0.25, -0.2) is 28.1 Å². The number of rotatable bonds is 9. The minimum absolute atomic E-state index is 0.0108. The zero-order chi connectivity index (χ0) is 28.0. The molecule has 0 aliphatic rings. The number of nitrogens with one attached hydrogen (secondary N) is 2. The molecule has 196 valence electrons. The molecule has 0 radical (unpaired) electrons. The van der Waals surface area contributed by atoms with Crippen molar-refractivity contribution in [3.63, 3.8) is 0 Å². The van der Waals surface area contributed by atoms with Gasteiger partial charge in [0.1, 0.15) is 23.0 Å². The summed E-state index contributed by atoms with van der Waals surface area (Å²) in [7, 11) is -3.92. The number of benzene rings is 1. The number of hydrogen-bond donors (Lipinski definition) is 3. The number of aryl methyl sites for hydroxylation is 2. The molecule has 3 rings (SSSR count). The van der Waals surface area contributed by atoms with E-state index >= 15 is 0 Å². The van der Waals surface area contributed by atoms with E-state index in [-0.39, 0.29) is 46.0 Å². The Hall–Kier alpha value is -4.20. The molecule has 38 heavy (non-hydrogen) atoms. The molecule has 0 unspecified atom stereocenters. The molecular formula is C25H26N8O3S2. The molecule has 0 saturated carbocycles. The van der Waals surface area contributed by atoms with Crippen LogP contribution in [-0.4, -0.2) is 35.0 Å². The first-order chi connectivity index (χ1) is 17.9. The highest BCUT2D eigenvalue weighted by Crippen LogP contribution is 2.33. The van der Waals surface area contributed by atoms with Crippen LogP contribution in [0.2, 0.25) is 0 Å². The summed E-state index contributed by atoms with van der Waals surface area (Å²) in [6.45, 7) is 7.21. The first-order valence-corrected chi connectivity index (χ1v) is 13.9. The van der Waals surface area contributed by atoms with Crippen LogP contribution in [0.25, 0.3) is 0 Å². The number of nitrogens with two attached hydrogens (primary N) is 1. The predicted octanol–water partition coefficient (Wildman–Crippen LogP) is 3.86.